The van der Waals surface area contributed by atoms with E-state index in [1.807, 2.05) is 0 Å². The van der Waals surface area contributed by atoms with Crippen molar-refractivity contribution in [3.63, 3.8) is 0 Å². The third-order valence-corrected chi connectivity index (χ3v) is 16.4. The Morgan fingerprint density at radius 1 is 0.242 bits per heavy atom. The van der Waals surface area contributed by atoms with Crippen LogP contribution in [0.4, 0.5) is 0 Å². The van der Waals surface area contributed by atoms with Gasteiger partial charge in [-0.2, -0.15) is 0 Å². The molecule has 0 fully saturated rings. The largest absolute Gasteiger partial charge is 0.0616 e. The molecular formula is C66H44. The molecule has 0 unspecified atom stereocenters. The molecule has 0 amide bonds. The Bertz CT molecular complexity index is 4560. The molecule has 0 bridgehead atoms. The smallest absolute Gasteiger partial charge is 0.000674 e. The second kappa shape index (κ2) is 11.5. The minimum Gasteiger partial charge on any atom is -0.0616 e. The molecule has 0 radical (unpaired) electrons. The third-order valence-electron chi connectivity index (χ3n) is 16.4. The van der Waals surface area contributed by atoms with E-state index in [0.717, 1.165) is 0 Å². The molecule has 15 aromatic rings. The first kappa shape index (κ1) is 35.8. The summed E-state index contributed by atoms with van der Waals surface area (Å²) in [7, 11) is 0. The van der Waals surface area contributed by atoms with Crippen molar-refractivity contribution in [3.8, 4) is 33.4 Å². The average molecular weight is 837 g/mol. The first-order chi connectivity index (χ1) is 32.0. The summed E-state index contributed by atoms with van der Waals surface area (Å²) in [4.78, 5) is 0. The van der Waals surface area contributed by atoms with E-state index in [9.17, 15) is 0 Å². The molecule has 15 aromatic carbocycles. The van der Waals surface area contributed by atoms with E-state index in [1.165, 1.54) is 174 Å². The maximum Gasteiger partial charge on any atom is -0.000674 e. The third kappa shape index (κ3) is 4.07. The highest BCUT2D eigenvalue weighted by molar-refractivity contribution is 6.54. The molecule has 1 aliphatic carbocycles. The lowest BCUT2D eigenvalue weighted by Gasteiger charge is -2.27. The van der Waals surface area contributed by atoms with Crippen LogP contribution in [-0.2, 0) is 10.8 Å². The van der Waals surface area contributed by atoms with E-state index < -0.39 is 0 Å². The van der Waals surface area contributed by atoms with E-state index in [4.69, 9.17) is 0 Å². The summed E-state index contributed by atoms with van der Waals surface area (Å²) in [5.41, 5.74) is 10.8. The summed E-state index contributed by atoms with van der Waals surface area (Å²) in [6, 6.07) is 61.9. The molecule has 1 aliphatic rings. The highest BCUT2D eigenvalue weighted by atomic mass is 14.3. The lowest BCUT2D eigenvalue weighted by Crippen LogP contribution is -2.16. The molecule has 0 nitrogen and oxygen atoms in total. The molecule has 0 spiro atoms. The highest BCUT2D eigenvalue weighted by Gasteiger charge is 2.31. The van der Waals surface area contributed by atoms with Crippen molar-refractivity contribution >= 4 is 129 Å². The van der Waals surface area contributed by atoms with E-state index in [1.54, 1.807) is 0 Å². The van der Waals surface area contributed by atoms with Gasteiger partial charge in [0.1, 0.15) is 0 Å². The van der Waals surface area contributed by atoms with E-state index >= 15 is 0 Å². The zero-order valence-electron chi connectivity index (χ0n) is 38.0. The van der Waals surface area contributed by atoms with Crippen molar-refractivity contribution in [2.75, 3.05) is 0 Å². The Hall–Kier alpha value is -7.54. The fourth-order valence-electron chi connectivity index (χ4n) is 13.6. The molecule has 0 aliphatic heterocycles. The van der Waals surface area contributed by atoms with Gasteiger partial charge in [0.15, 0.2) is 0 Å². The van der Waals surface area contributed by atoms with Crippen molar-refractivity contribution in [1.29, 1.82) is 0 Å². The topological polar surface area (TPSA) is 0 Å². The van der Waals surface area contributed by atoms with Gasteiger partial charge in [0, 0.05) is 0 Å². The lowest BCUT2D eigenvalue weighted by atomic mass is 9.78. The Morgan fingerprint density at radius 3 is 1.24 bits per heavy atom. The van der Waals surface area contributed by atoms with E-state index in [0.29, 0.717) is 0 Å². The zero-order chi connectivity index (χ0) is 43.9. The zero-order valence-corrected chi connectivity index (χ0v) is 38.0. The summed E-state index contributed by atoms with van der Waals surface area (Å²) < 4.78 is 0. The fourth-order valence-corrected chi connectivity index (χ4v) is 13.6. The normalized spacial score (nSPS) is 13.6. The summed E-state index contributed by atoms with van der Waals surface area (Å²) in [6.45, 7) is 14.2. The number of rotatable bonds is 1. The molecule has 308 valence electrons. The van der Waals surface area contributed by atoms with Crippen LogP contribution in [0.3, 0.4) is 0 Å². The first-order valence-corrected chi connectivity index (χ1v) is 23.8. The number of benzene rings is 12. The first-order valence-electron chi connectivity index (χ1n) is 23.8. The van der Waals surface area contributed by atoms with Crippen LogP contribution in [0.15, 0.2) is 158 Å². The maximum absolute atomic E-state index is 2.61. The highest BCUT2D eigenvalue weighted by Crippen LogP contribution is 2.59. The van der Waals surface area contributed by atoms with Crippen LogP contribution >= 0.6 is 0 Å². The van der Waals surface area contributed by atoms with Gasteiger partial charge in [0.25, 0.3) is 0 Å². The molecule has 0 saturated carbocycles. The van der Waals surface area contributed by atoms with Crippen LogP contribution in [0.25, 0.3) is 163 Å². The minimum atomic E-state index is -0.0381. The second-order valence-corrected chi connectivity index (χ2v) is 21.8. The fraction of sp³-hybridized carbons (Fsp3) is 0.121. The van der Waals surface area contributed by atoms with Gasteiger partial charge in [-0.05, 0) is 191 Å². The van der Waals surface area contributed by atoms with Gasteiger partial charge < -0.3 is 0 Å². The molecule has 0 heteroatoms. The van der Waals surface area contributed by atoms with Crippen LogP contribution in [0.5, 0.6) is 0 Å². The summed E-state index contributed by atoms with van der Waals surface area (Å²) in [5, 5.41) is 32.9. The Morgan fingerprint density at radius 2 is 0.636 bits per heavy atom. The maximum atomic E-state index is 2.61. The lowest BCUT2D eigenvalue weighted by molar-refractivity contribution is 0.569. The summed E-state index contributed by atoms with van der Waals surface area (Å²) in [5.74, 6) is 0. The molecule has 0 saturated heterocycles. The molecule has 0 N–H and O–H groups in total. The summed E-state index contributed by atoms with van der Waals surface area (Å²) in [6.07, 6.45) is 0. The van der Waals surface area contributed by atoms with Gasteiger partial charge >= 0.3 is 0 Å². The Kier molecular flexibility index (Phi) is 6.21. The van der Waals surface area contributed by atoms with Gasteiger partial charge in [-0.1, -0.05) is 193 Å². The molecule has 0 heterocycles. The van der Waals surface area contributed by atoms with Crippen molar-refractivity contribution in [1.82, 2.24) is 0 Å². The molecular weight excluding hydrogens is 793 g/mol. The molecule has 0 atom stereocenters. The van der Waals surface area contributed by atoms with Gasteiger partial charge in [-0.25, -0.2) is 0 Å². The Labute approximate surface area is 382 Å². The van der Waals surface area contributed by atoms with Gasteiger partial charge in [-0.15, -0.1) is 0 Å². The standard InChI is InChI=1S/C66H44/c1-65(2,3)35-29-34(30-36(31-35)66(4,5)6)54-52-32-51-41-19-11-13-33-14-12-20-48(53(33)41)59(51)60-39-17-9-10-18-40(39)61(64(52)60)63-50-28-26-47-45-24-22-43-38-16-8-7-15-37(38)42-21-23-44(56(45)55(42)43)46-25-27-49(62(54)63)58(50)57(46)47/h7-32H,1-6H3. The number of fused-ring (bicyclic) bond motifs is 16. The van der Waals surface area contributed by atoms with E-state index in [2.05, 4.69) is 199 Å². The number of hydrogen-bond donors (Lipinski definition) is 0. The minimum absolute atomic E-state index is 0.0381. The summed E-state index contributed by atoms with van der Waals surface area (Å²) >= 11 is 0. The second-order valence-electron chi connectivity index (χ2n) is 21.8. The molecule has 66 heavy (non-hydrogen) atoms. The van der Waals surface area contributed by atoms with Crippen molar-refractivity contribution < 1.29 is 0 Å². The van der Waals surface area contributed by atoms with Crippen LogP contribution in [0.1, 0.15) is 52.7 Å². The van der Waals surface area contributed by atoms with Crippen LogP contribution in [0, 0.1) is 0 Å². The number of hydrogen-bond acceptors (Lipinski definition) is 0. The van der Waals surface area contributed by atoms with Gasteiger partial charge in [0.05, 0.1) is 0 Å². The quantitative estimate of drug-likeness (QED) is 0.114. The monoisotopic (exact) mass is 836 g/mol. The SMILES string of the molecule is CC(C)(C)c1cc(-c2c3cc4c5cccc6cccc(c65)c4c4c5ccccc5c(c5c6ccc7c8ccc9c%10c(ccc(c%11ccc(c25)c6c%117)c%108)-c2ccccc2-9)c34)cc(C(C)(C)C)c1. The predicted octanol–water partition coefficient (Wildman–Crippen LogP) is 19.2. The van der Waals surface area contributed by atoms with Crippen molar-refractivity contribution in [2.24, 2.45) is 0 Å². The predicted molar refractivity (Wildman–Crippen MR) is 289 cm³/mol. The average Bonchev–Trinajstić information content (AvgIpc) is 4.05. The van der Waals surface area contributed by atoms with Crippen molar-refractivity contribution in [2.45, 2.75) is 52.4 Å². The van der Waals surface area contributed by atoms with Gasteiger partial charge in [0.2, 0.25) is 0 Å². The molecule has 0 aromatic heterocycles. The van der Waals surface area contributed by atoms with Gasteiger partial charge in [-0.3, -0.25) is 0 Å². The van der Waals surface area contributed by atoms with E-state index in [-0.39, 0.29) is 10.8 Å². The van der Waals surface area contributed by atoms with Crippen LogP contribution in [-0.4, -0.2) is 0 Å². The van der Waals surface area contributed by atoms with Crippen LogP contribution in [0.2, 0.25) is 0 Å². The van der Waals surface area contributed by atoms with Crippen molar-refractivity contribution in [3.05, 3.63) is 169 Å². The Balaban J connectivity index is 1.18. The van der Waals surface area contributed by atoms with Crippen LogP contribution < -0.4 is 0 Å². The molecule has 16 rings (SSSR count).